The largest absolute Gasteiger partial charge is 0.450 e. The van der Waals surface area contributed by atoms with Gasteiger partial charge in [0.05, 0.1) is 6.61 Å². The van der Waals surface area contributed by atoms with Gasteiger partial charge in [-0.25, -0.2) is 0 Å². The topological polar surface area (TPSA) is 62.5 Å². The van der Waals surface area contributed by atoms with E-state index in [1.807, 2.05) is 57.2 Å². The average Bonchev–Trinajstić information content (AvgIpc) is 2.95. The number of benzene rings is 2. The molecule has 0 spiro atoms. The van der Waals surface area contributed by atoms with Gasteiger partial charge in [0.2, 0.25) is 0 Å². The van der Waals surface area contributed by atoms with Gasteiger partial charge in [-0.05, 0) is 43.0 Å². The van der Waals surface area contributed by atoms with Crippen LogP contribution in [-0.4, -0.2) is 11.0 Å². The van der Waals surface area contributed by atoms with Gasteiger partial charge >= 0.3 is 0 Å². The number of amides is 1. The number of aliphatic hydroxyl groups excluding tert-OH is 1. The molecule has 24 heavy (non-hydrogen) atoms. The molecular weight excluding hydrogens is 302 g/mol. The molecule has 124 valence electrons. The fraction of sp³-hybridized carbons (Fsp3) is 0.250. The smallest absolute Gasteiger partial charge is 0.287 e. The predicted octanol–water partition coefficient (Wildman–Crippen LogP) is 3.78. The molecule has 2 N–H and O–H groups in total. The van der Waals surface area contributed by atoms with Gasteiger partial charge in [0.15, 0.2) is 5.76 Å². The Balaban J connectivity index is 1.88. The summed E-state index contributed by atoms with van der Waals surface area (Å²) in [6.45, 7) is 6.21. The Kier molecular flexibility index (Phi) is 4.40. The van der Waals surface area contributed by atoms with Crippen molar-refractivity contribution in [3.63, 3.8) is 0 Å². The van der Waals surface area contributed by atoms with Gasteiger partial charge in [-0.3, -0.25) is 4.79 Å². The third-order valence-electron chi connectivity index (χ3n) is 4.42. The Morgan fingerprint density at radius 1 is 1.04 bits per heavy atom. The number of hydrogen-bond donors (Lipinski definition) is 2. The van der Waals surface area contributed by atoms with E-state index in [0.717, 1.165) is 38.8 Å². The fourth-order valence-corrected chi connectivity index (χ4v) is 3.03. The van der Waals surface area contributed by atoms with Crippen molar-refractivity contribution < 1.29 is 14.3 Å². The van der Waals surface area contributed by atoms with Crippen molar-refractivity contribution in [2.45, 2.75) is 33.9 Å². The maximum atomic E-state index is 12.6. The molecule has 0 fully saturated rings. The Morgan fingerprint density at radius 3 is 2.38 bits per heavy atom. The van der Waals surface area contributed by atoms with Crippen LogP contribution in [0, 0.1) is 20.8 Å². The Labute approximate surface area is 141 Å². The molecule has 3 aromatic rings. The van der Waals surface area contributed by atoms with Crippen LogP contribution in [0.5, 0.6) is 0 Å². The summed E-state index contributed by atoms with van der Waals surface area (Å²) in [6, 6.07) is 11.5. The zero-order valence-corrected chi connectivity index (χ0v) is 14.1. The monoisotopic (exact) mass is 323 g/mol. The number of carbonyl (C=O) groups excluding carboxylic acids is 1. The summed E-state index contributed by atoms with van der Waals surface area (Å²) in [5.41, 5.74) is 5.46. The molecule has 4 nitrogen and oxygen atoms in total. The van der Waals surface area contributed by atoms with Gasteiger partial charge in [0.1, 0.15) is 5.58 Å². The molecule has 1 heterocycles. The first-order valence-corrected chi connectivity index (χ1v) is 7.98. The zero-order chi connectivity index (χ0) is 17.3. The number of nitrogens with one attached hydrogen (secondary N) is 1. The van der Waals surface area contributed by atoms with Crippen LogP contribution in [0.15, 0.2) is 40.8 Å². The Morgan fingerprint density at radius 2 is 1.71 bits per heavy atom. The number of hydrogen-bond acceptors (Lipinski definition) is 3. The molecule has 0 unspecified atom stereocenters. The van der Waals surface area contributed by atoms with Crippen LogP contribution in [-0.2, 0) is 13.2 Å². The molecule has 0 aliphatic heterocycles. The number of furan rings is 1. The number of fused-ring (bicyclic) bond motifs is 1. The van der Waals surface area contributed by atoms with Crippen molar-refractivity contribution in [3.8, 4) is 0 Å². The molecule has 3 rings (SSSR count). The lowest BCUT2D eigenvalue weighted by Gasteiger charge is -2.08. The second-order valence-electron chi connectivity index (χ2n) is 6.07. The number of carbonyl (C=O) groups is 1. The lowest BCUT2D eigenvalue weighted by Crippen LogP contribution is -2.23. The van der Waals surface area contributed by atoms with Crippen LogP contribution in [0.4, 0.5) is 0 Å². The summed E-state index contributed by atoms with van der Waals surface area (Å²) in [6.07, 6.45) is 0. The van der Waals surface area contributed by atoms with Crippen molar-refractivity contribution in [1.82, 2.24) is 5.32 Å². The van der Waals surface area contributed by atoms with E-state index in [1.165, 1.54) is 0 Å². The minimum absolute atomic E-state index is 0.0475. The van der Waals surface area contributed by atoms with E-state index in [4.69, 9.17) is 4.42 Å². The van der Waals surface area contributed by atoms with Gasteiger partial charge < -0.3 is 14.8 Å². The number of aryl methyl sites for hydroxylation is 3. The first kappa shape index (κ1) is 16.3. The molecule has 4 heteroatoms. The first-order chi connectivity index (χ1) is 11.5. The molecule has 0 bridgehead atoms. The van der Waals surface area contributed by atoms with Gasteiger partial charge in [0.25, 0.3) is 5.91 Å². The van der Waals surface area contributed by atoms with Crippen molar-refractivity contribution in [1.29, 1.82) is 0 Å². The van der Waals surface area contributed by atoms with E-state index in [0.29, 0.717) is 12.3 Å². The van der Waals surface area contributed by atoms with E-state index in [1.54, 1.807) is 0 Å². The summed E-state index contributed by atoms with van der Waals surface area (Å²) in [7, 11) is 0. The predicted molar refractivity (Wildman–Crippen MR) is 94.0 cm³/mol. The van der Waals surface area contributed by atoms with E-state index >= 15 is 0 Å². The van der Waals surface area contributed by atoms with Gasteiger partial charge in [-0.2, -0.15) is 0 Å². The van der Waals surface area contributed by atoms with E-state index < -0.39 is 0 Å². The first-order valence-electron chi connectivity index (χ1n) is 7.98. The van der Waals surface area contributed by atoms with Crippen LogP contribution >= 0.6 is 0 Å². The summed E-state index contributed by atoms with van der Waals surface area (Å²) in [4.78, 5) is 12.6. The van der Waals surface area contributed by atoms with E-state index in [-0.39, 0.29) is 12.5 Å². The zero-order valence-electron chi connectivity index (χ0n) is 14.1. The quantitative estimate of drug-likeness (QED) is 0.768. The molecule has 1 amide bonds. The molecular formula is C20H21NO3. The van der Waals surface area contributed by atoms with Gasteiger partial charge in [-0.15, -0.1) is 0 Å². The molecule has 0 aliphatic carbocycles. The third-order valence-corrected chi connectivity index (χ3v) is 4.42. The minimum atomic E-state index is -0.241. The highest BCUT2D eigenvalue weighted by atomic mass is 16.3. The highest BCUT2D eigenvalue weighted by Gasteiger charge is 2.19. The number of aliphatic hydroxyl groups is 1. The minimum Gasteiger partial charge on any atom is -0.450 e. The summed E-state index contributed by atoms with van der Waals surface area (Å²) >= 11 is 0. The summed E-state index contributed by atoms with van der Waals surface area (Å²) in [5, 5.41) is 13.3. The summed E-state index contributed by atoms with van der Waals surface area (Å²) in [5.74, 6) is 0.110. The van der Waals surface area contributed by atoms with E-state index in [9.17, 15) is 9.90 Å². The highest BCUT2D eigenvalue weighted by molar-refractivity contribution is 6.00. The van der Waals surface area contributed by atoms with Crippen molar-refractivity contribution in [3.05, 3.63) is 70.0 Å². The van der Waals surface area contributed by atoms with Crippen LogP contribution in [0.25, 0.3) is 11.0 Å². The number of rotatable bonds is 4. The molecule has 0 saturated heterocycles. The third kappa shape index (κ3) is 2.81. The Bertz CT molecular complexity index is 909. The van der Waals surface area contributed by atoms with E-state index in [2.05, 4.69) is 5.32 Å². The fourth-order valence-electron chi connectivity index (χ4n) is 3.03. The van der Waals surface area contributed by atoms with Crippen LogP contribution in [0.1, 0.15) is 38.4 Å². The lowest BCUT2D eigenvalue weighted by atomic mass is 10.0. The van der Waals surface area contributed by atoms with Crippen LogP contribution in [0.3, 0.4) is 0 Å². The Hall–Kier alpha value is -2.59. The second-order valence-corrected chi connectivity index (χ2v) is 6.07. The molecule has 0 atom stereocenters. The van der Waals surface area contributed by atoms with Gasteiger partial charge in [-0.1, -0.05) is 36.4 Å². The molecule has 2 aromatic carbocycles. The van der Waals surface area contributed by atoms with Crippen LogP contribution < -0.4 is 5.32 Å². The van der Waals surface area contributed by atoms with Crippen LogP contribution in [0.2, 0.25) is 0 Å². The SMILES string of the molecule is Cc1ccc(C)c2c(C)c(C(=O)NCc3ccccc3CO)oc12. The molecule has 0 aliphatic rings. The lowest BCUT2D eigenvalue weighted by molar-refractivity contribution is 0.0924. The highest BCUT2D eigenvalue weighted by Crippen LogP contribution is 2.30. The molecule has 0 saturated carbocycles. The standard InChI is InChI=1S/C20H21NO3/c1-12-8-9-13(2)18-17(12)14(3)19(24-18)20(23)21-10-15-6-4-5-7-16(15)11-22/h4-9,22H,10-11H2,1-3H3,(H,21,23). The normalized spacial score (nSPS) is 11.0. The van der Waals surface area contributed by atoms with Crippen molar-refractivity contribution >= 4 is 16.9 Å². The molecule has 1 aromatic heterocycles. The maximum Gasteiger partial charge on any atom is 0.287 e. The molecule has 0 radical (unpaired) electrons. The van der Waals surface area contributed by atoms with Crippen molar-refractivity contribution in [2.75, 3.05) is 0 Å². The average molecular weight is 323 g/mol. The van der Waals surface area contributed by atoms with Gasteiger partial charge in [0, 0.05) is 17.5 Å². The second kappa shape index (κ2) is 6.49. The maximum absolute atomic E-state index is 12.6. The van der Waals surface area contributed by atoms with Crippen molar-refractivity contribution in [2.24, 2.45) is 0 Å². The summed E-state index contributed by atoms with van der Waals surface area (Å²) < 4.78 is 5.86.